The summed E-state index contributed by atoms with van der Waals surface area (Å²) in [7, 11) is 0. The highest BCUT2D eigenvalue weighted by molar-refractivity contribution is 6.31. The van der Waals surface area contributed by atoms with Crippen molar-refractivity contribution in [2.24, 2.45) is 0 Å². The average Bonchev–Trinajstić information content (AvgIpc) is 2.91. The van der Waals surface area contributed by atoms with Gasteiger partial charge in [-0.2, -0.15) is 5.10 Å². The fraction of sp³-hybridized carbons (Fsp3) is 0.214. The summed E-state index contributed by atoms with van der Waals surface area (Å²) >= 11 is 5.91. The van der Waals surface area contributed by atoms with E-state index in [4.69, 9.17) is 11.6 Å². The number of hydrogen-bond donors (Lipinski definition) is 0. The molecule has 0 fully saturated rings. The summed E-state index contributed by atoms with van der Waals surface area (Å²) in [6, 6.07) is 6.94. The second-order valence-corrected chi connectivity index (χ2v) is 5.13. The fourth-order valence-electron chi connectivity index (χ4n) is 2.19. The molecule has 3 rings (SSSR count). The quantitative estimate of drug-likeness (QED) is 0.744. The summed E-state index contributed by atoms with van der Waals surface area (Å²) in [4.78, 5) is 16.8. The van der Waals surface area contributed by atoms with Gasteiger partial charge in [-0.15, -0.1) is 0 Å². The topological polar surface area (TPSA) is 52.7 Å². The molecule has 1 aromatic carbocycles. The van der Waals surface area contributed by atoms with E-state index in [2.05, 4.69) is 10.1 Å². The molecule has 2 aromatic heterocycles. The number of benzene rings is 1. The van der Waals surface area contributed by atoms with E-state index >= 15 is 0 Å². The van der Waals surface area contributed by atoms with Gasteiger partial charge in [-0.05, 0) is 31.2 Å². The molecule has 0 aliphatic rings. The Bertz CT molecular complexity index is 795. The summed E-state index contributed by atoms with van der Waals surface area (Å²) in [6.07, 6.45) is 5.15. The number of halogens is 1. The van der Waals surface area contributed by atoms with Crippen LogP contribution in [-0.2, 0) is 6.54 Å². The first kappa shape index (κ1) is 12.9. The van der Waals surface area contributed by atoms with Crippen molar-refractivity contribution < 1.29 is 0 Å². The van der Waals surface area contributed by atoms with Crippen molar-refractivity contribution in [3.63, 3.8) is 0 Å². The third kappa shape index (κ3) is 2.32. The van der Waals surface area contributed by atoms with E-state index in [0.717, 1.165) is 0 Å². The van der Waals surface area contributed by atoms with Crippen molar-refractivity contribution in [3.05, 3.63) is 58.4 Å². The van der Waals surface area contributed by atoms with Crippen LogP contribution in [0.15, 0.2) is 47.8 Å². The van der Waals surface area contributed by atoms with Gasteiger partial charge in [0.2, 0.25) is 0 Å². The minimum absolute atomic E-state index is 0.0324. The third-order valence-electron chi connectivity index (χ3n) is 3.23. The average molecular weight is 289 g/mol. The molecule has 3 aromatic rings. The Labute approximate surface area is 120 Å². The lowest BCUT2D eigenvalue weighted by molar-refractivity contribution is 0.426. The summed E-state index contributed by atoms with van der Waals surface area (Å²) in [5.74, 6) is 0. The highest BCUT2D eigenvalue weighted by atomic mass is 35.5. The molecule has 0 aliphatic heterocycles. The zero-order valence-electron chi connectivity index (χ0n) is 10.9. The van der Waals surface area contributed by atoms with Crippen molar-refractivity contribution in [1.82, 2.24) is 19.3 Å². The Hall–Kier alpha value is -2.14. The predicted molar refractivity (Wildman–Crippen MR) is 78.0 cm³/mol. The van der Waals surface area contributed by atoms with Crippen LogP contribution in [-0.4, -0.2) is 19.3 Å². The van der Waals surface area contributed by atoms with E-state index in [1.165, 1.54) is 0 Å². The molecule has 20 heavy (non-hydrogen) atoms. The van der Waals surface area contributed by atoms with Crippen LogP contribution in [0.2, 0.25) is 5.02 Å². The lowest BCUT2D eigenvalue weighted by Gasteiger charge is -2.15. The highest BCUT2D eigenvalue weighted by Gasteiger charge is 2.11. The van der Waals surface area contributed by atoms with E-state index < -0.39 is 0 Å². The van der Waals surface area contributed by atoms with Crippen LogP contribution in [0.1, 0.15) is 13.0 Å². The lowest BCUT2D eigenvalue weighted by Crippen LogP contribution is -2.26. The molecule has 0 amide bonds. The molecule has 0 radical (unpaired) electrons. The molecular formula is C14H13ClN4O. The fourth-order valence-corrected chi connectivity index (χ4v) is 2.36. The molecule has 6 heteroatoms. The maximum Gasteiger partial charge on any atom is 0.261 e. The molecule has 1 unspecified atom stereocenters. The van der Waals surface area contributed by atoms with Crippen LogP contribution in [0, 0.1) is 0 Å². The number of aromatic nitrogens is 4. The Kier molecular flexibility index (Phi) is 3.28. The van der Waals surface area contributed by atoms with E-state index in [1.54, 1.807) is 40.0 Å². The number of nitrogens with zero attached hydrogens (tertiary/aromatic N) is 4. The van der Waals surface area contributed by atoms with Crippen LogP contribution < -0.4 is 5.56 Å². The second-order valence-electron chi connectivity index (χ2n) is 4.70. The molecule has 0 aliphatic carbocycles. The zero-order chi connectivity index (χ0) is 14.1. The Morgan fingerprint density at radius 1 is 1.40 bits per heavy atom. The van der Waals surface area contributed by atoms with Crippen LogP contribution in [0.4, 0.5) is 0 Å². The van der Waals surface area contributed by atoms with Gasteiger partial charge in [0.05, 0.1) is 29.8 Å². The van der Waals surface area contributed by atoms with Crippen molar-refractivity contribution >= 4 is 22.5 Å². The minimum atomic E-state index is -0.0636. The van der Waals surface area contributed by atoms with Gasteiger partial charge in [-0.25, -0.2) is 4.98 Å². The van der Waals surface area contributed by atoms with Crippen LogP contribution in [0.3, 0.4) is 0 Å². The Balaban J connectivity index is 2.01. The number of fused-ring (bicyclic) bond motifs is 1. The molecule has 0 spiro atoms. The first-order valence-electron chi connectivity index (χ1n) is 6.29. The van der Waals surface area contributed by atoms with Gasteiger partial charge in [-0.1, -0.05) is 11.6 Å². The first-order chi connectivity index (χ1) is 9.65. The summed E-state index contributed by atoms with van der Waals surface area (Å²) in [5.41, 5.74) is 0.552. The molecule has 0 bridgehead atoms. The van der Waals surface area contributed by atoms with Crippen molar-refractivity contribution in [2.75, 3.05) is 0 Å². The van der Waals surface area contributed by atoms with Gasteiger partial charge in [0.25, 0.3) is 5.56 Å². The van der Waals surface area contributed by atoms with Gasteiger partial charge >= 0.3 is 0 Å². The van der Waals surface area contributed by atoms with Crippen LogP contribution in [0.25, 0.3) is 10.9 Å². The zero-order valence-corrected chi connectivity index (χ0v) is 11.7. The predicted octanol–water partition coefficient (Wildman–Crippen LogP) is 2.51. The van der Waals surface area contributed by atoms with Crippen molar-refractivity contribution in [1.29, 1.82) is 0 Å². The smallest absolute Gasteiger partial charge is 0.261 e. The van der Waals surface area contributed by atoms with E-state index in [9.17, 15) is 4.79 Å². The molecule has 0 N–H and O–H groups in total. The normalized spacial score (nSPS) is 12.7. The van der Waals surface area contributed by atoms with Gasteiger partial charge in [0, 0.05) is 17.4 Å². The van der Waals surface area contributed by atoms with E-state index in [1.807, 2.05) is 19.2 Å². The van der Waals surface area contributed by atoms with Gasteiger partial charge in [0.15, 0.2) is 0 Å². The van der Waals surface area contributed by atoms with Gasteiger partial charge < -0.3 is 0 Å². The summed E-state index contributed by atoms with van der Waals surface area (Å²) < 4.78 is 3.42. The maximum atomic E-state index is 12.5. The van der Waals surface area contributed by atoms with Crippen LogP contribution >= 0.6 is 11.6 Å². The minimum Gasteiger partial charge on any atom is -0.294 e. The standard InChI is InChI=1S/C14H13ClN4O/c1-10(8-18-6-2-5-17-18)19-9-16-13-7-11(15)3-4-12(13)14(19)20/h2-7,9-10H,8H2,1H3. The largest absolute Gasteiger partial charge is 0.294 e. The molecule has 5 nitrogen and oxygen atoms in total. The molecule has 0 saturated heterocycles. The highest BCUT2D eigenvalue weighted by Crippen LogP contribution is 2.15. The Morgan fingerprint density at radius 2 is 2.25 bits per heavy atom. The SMILES string of the molecule is CC(Cn1cccn1)n1cnc2cc(Cl)ccc2c1=O. The number of rotatable bonds is 3. The molecule has 1 atom stereocenters. The van der Waals surface area contributed by atoms with E-state index in [-0.39, 0.29) is 11.6 Å². The first-order valence-corrected chi connectivity index (χ1v) is 6.67. The second kappa shape index (κ2) is 5.09. The monoisotopic (exact) mass is 288 g/mol. The Morgan fingerprint density at radius 3 is 3.00 bits per heavy atom. The molecular weight excluding hydrogens is 276 g/mol. The van der Waals surface area contributed by atoms with E-state index in [0.29, 0.717) is 22.5 Å². The third-order valence-corrected chi connectivity index (χ3v) is 3.47. The number of hydrogen-bond acceptors (Lipinski definition) is 3. The lowest BCUT2D eigenvalue weighted by atomic mass is 10.2. The van der Waals surface area contributed by atoms with Crippen LogP contribution in [0.5, 0.6) is 0 Å². The van der Waals surface area contributed by atoms with Gasteiger partial charge in [0.1, 0.15) is 0 Å². The molecule has 102 valence electrons. The summed E-state index contributed by atoms with van der Waals surface area (Å²) in [6.45, 7) is 2.58. The molecule has 0 saturated carbocycles. The van der Waals surface area contributed by atoms with Crippen molar-refractivity contribution in [2.45, 2.75) is 19.5 Å². The summed E-state index contributed by atoms with van der Waals surface area (Å²) in [5, 5.41) is 5.30. The van der Waals surface area contributed by atoms with Gasteiger partial charge in [-0.3, -0.25) is 14.0 Å². The van der Waals surface area contributed by atoms with Crippen molar-refractivity contribution in [3.8, 4) is 0 Å². The molecule has 2 heterocycles. The maximum absolute atomic E-state index is 12.5.